The Kier molecular flexibility index (Phi) is 6.05. The molecule has 5 nitrogen and oxygen atoms in total. The second-order valence-electron chi connectivity index (χ2n) is 5.77. The van der Waals surface area contributed by atoms with Crippen molar-refractivity contribution in [3.8, 4) is 0 Å². The maximum absolute atomic E-state index is 10.5. The fraction of sp³-hybridized carbons (Fsp3) is 0.923. The number of aliphatic hydroxyl groups excluding tert-OH is 1. The SMILES string of the molecule is CN(C)CC1(CO)CCCN(CCCC(=O)O)C1. The first-order valence-corrected chi connectivity index (χ1v) is 6.67. The van der Waals surface area contributed by atoms with Gasteiger partial charge in [0.15, 0.2) is 0 Å². The molecule has 1 fully saturated rings. The van der Waals surface area contributed by atoms with E-state index in [9.17, 15) is 9.90 Å². The Hall–Kier alpha value is -0.650. The van der Waals surface area contributed by atoms with E-state index >= 15 is 0 Å². The van der Waals surface area contributed by atoms with E-state index in [0.29, 0.717) is 6.42 Å². The highest BCUT2D eigenvalue weighted by Crippen LogP contribution is 2.30. The molecule has 0 aromatic carbocycles. The van der Waals surface area contributed by atoms with Crippen LogP contribution in [0.2, 0.25) is 0 Å². The number of aliphatic carboxylic acids is 1. The normalized spacial score (nSPS) is 25.6. The summed E-state index contributed by atoms with van der Waals surface area (Å²) in [5.41, 5.74) is -0.0367. The van der Waals surface area contributed by atoms with Gasteiger partial charge in [-0.05, 0) is 46.4 Å². The fourth-order valence-electron chi connectivity index (χ4n) is 2.93. The molecule has 2 N–H and O–H groups in total. The van der Waals surface area contributed by atoms with Crippen LogP contribution in [0, 0.1) is 5.41 Å². The summed E-state index contributed by atoms with van der Waals surface area (Å²) in [4.78, 5) is 14.9. The van der Waals surface area contributed by atoms with Crippen molar-refractivity contribution in [1.82, 2.24) is 9.80 Å². The van der Waals surface area contributed by atoms with Crippen molar-refractivity contribution in [1.29, 1.82) is 0 Å². The molecular formula is C13H26N2O3. The van der Waals surface area contributed by atoms with Gasteiger partial charge in [0.05, 0.1) is 6.61 Å². The third kappa shape index (κ3) is 4.92. The average molecular weight is 258 g/mol. The number of nitrogens with zero attached hydrogens (tertiary/aromatic N) is 2. The lowest BCUT2D eigenvalue weighted by Crippen LogP contribution is -2.50. The molecule has 1 rings (SSSR count). The van der Waals surface area contributed by atoms with Crippen LogP contribution in [0.5, 0.6) is 0 Å². The van der Waals surface area contributed by atoms with E-state index < -0.39 is 5.97 Å². The van der Waals surface area contributed by atoms with E-state index in [-0.39, 0.29) is 18.4 Å². The van der Waals surface area contributed by atoms with Crippen LogP contribution in [-0.4, -0.2) is 72.9 Å². The summed E-state index contributed by atoms with van der Waals surface area (Å²) in [5.74, 6) is -0.728. The molecule has 1 unspecified atom stereocenters. The molecule has 0 aliphatic carbocycles. The summed E-state index contributed by atoms with van der Waals surface area (Å²) >= 11 is 0. The van der Waals surface area contributed by atoms with Crippen LogP contribution in [0.15, 0.2) is 0 Å². The number of aliphatic hydroxyl groups is 1. The molecule has 0 spiro atoms. The quantitative estimate of drug-likeness (QED) is 0.696. The summed E-state index contributed by atoms with van der Waals surface area (Å²) in [6.45, 7) is 3.82. The minimum atomic E-state index is -0.728. The summed E-state index contributed by atoms with van der Waals surface area (Å²) in [6.07, 6.45) is 3.06. The third-order valence-corrected chi connectivity index (χ3v) is 3.59. The Bertz CT molecular complexity index is 271. The van der Waals surface area contributed by atoms with Crippen molar-refractivity contribution in [3.63, 3.8) is 0 Å². The summed E-state index contributed by atoms with van der Waals surface area (Å²) < 4.78 is 0. The number of carboxylic acid groups (broad SMARTS) is 1. The third-order valence-electron chi connectivity index (χ3n) is 3.59. The second-order valence-corrected chi connectivity index (χ2v) is 5.77. The van der Waals surface area contributed by atoms with Gasteiger partial charge in [0.1, 0.15) is 0 Å². The first-order chi connectivity index (χ1) is 8.47. The summed E-state index contributed by atoms with van der Waals surface area (Å²) in [7, 11) is 4.06. The highest BCUT2D eigenvalue weighted by molar-refractivity contribution is 5.66. The van der Waals surface area contributed by atoms with Crippen molar-refractivity contribution in [2.45, 2.75) is 25.7 Å². The molecule has 5 heteroatoms. The second kappa shape index (κ2) is 7.07. The molecule has 0 bridgehead atoms. The number of hydrogen-bond acceptors (Lipinski definition) is 4. The molecule has 18 heavy (non-hydrogen) atoms. The molecule has 0 aromatic rings. The van der Waals surface area contributed by atoms with Crippen LogP contribution in [0.3, 0.4) is 0 Å². The van der Waals surface area contributed by atoms with Gasteiger partial charge < -0.3 is 20.0 Å². The zero-order valence-corrected chi connectivity index (χ0v) is 11.6. The maximum atomic E-state index is 10.5. The molecule has 1 heterocycles. The predicted molar refractivity (Wildman–Crippen MR) is 70.6 cm³/mol. The number of hydrogen-bond donors (Lipinski definition) is 2. The Labute approximate surface area is 109 Å². The molecule has 0 radical (unpaired) electrons. The van der Waals surface area contributed by atoms with Crippen molar-refractivity contribution in [3.05, 3.63) is 0 Å². The lowest BCUT2D eigenvalue weighted by Gasteiger charge is -2.43. The molecule has 0 saturated carbocycles. The summed E-state index contributed by atoms with van der Waals surface area (Å²) in [5, 5.41) is 18.3. The van der Waals surface area contributed by atoms with E-state index in [0.717, 1.165) is 39.0 Å². The minimum absolute atomic E-state index is 0.0367. The minimum Gasteiger partial charge on any atom is -0.481 e. The van der Waals surface area contributed by atoms with Gasteiger partial charge in [0.2, 0.25) is 0 Å². The van der Waals surface area contributed by atoms with Gasteiger partial charge in [-0.25, -0.2) is 0 Å². The highest BCUT2D eigenvalue weighted by Gasteiger charge is 2.35. The number of likely N-dealkylation sites (tertiary alicyclic amines) is 1. The van der Waals surface area contributed by atoms with Crippen molar-refractivity contribution in [2.24, 2.45) is 5.41 Å². The van der Waals surface area contributed by atoms with E-state index in [1.807, 2.05) is 14.1 Å². The molecule has 1 aliphatic heterocycles. The topological polar surface area (TPSA) is 64.0 Å². The zero-order valence-electron chi connectivity index (χ0n) is 11.6. The van der Waals surface area contributed by atoms with Gasteiger partial charge in [-0.2, -0.15) is 0 Å². The van der Waals surface area contributed by atoms with E-state index in [2.05, 4.69) is 9.80 Å². The van der Waals surface area contributed by atoms with Crippen LogP contribution in [0.1, 0.15) is 25.7 Å². The van der Waals surface area contributed by atoms with Crippen LogP contribution in [0.4, 0.5) is 0 Å². The lowest BCUT2D eigenvalue weighted by molar-refractivity contribution is -0.137. The van der Waals surface area contributed by atoms with Gasteiger partial charge in [0.25, 0.3) is 0 Å². The van der Waals surface area contributed by atoms with E-state index in [1.165, 1.54) is 0 Å². The van der Waals surface area contributed by atoms with Gasteiger partial charge in [-0.3, -0.25) is 4.79 Å². The van der Waals surface area contributed by atoms with Gasteiger partial charge in [-0.1, -0.05) is 0 Å². The molecule has 0 amide bonds. The molecular weight excluding hydrogens is 232 g/mol. The molecule has 106 valence electrons. The Morgan fingerprint density at radius 2 is 2.17 bits per heavy atom. The first kappa shape index (κ1) is 15.4. The lowest BCUT2D eigenvalue weighted by atomic mass is 9.80. The number of carboxylic acids is 1. The molecule has 1 aliphatic rings. The summed E-state index contributed by atoms with van der Waals surface area (Å²) in [6, 6.07) is 0. The van der Waals surface area contributed by atoms with Gasteiger partial charge >= 0.3 is 5.97 Å². The largest absolute Gasteiger partial charge is 0.481 e. The number of rotatable bonds is 7. The Morgan fingerprint density at radius 1 is 1.44 bits per heavy atom. The Balaban J connectivity index is 2.45. The van der Waals surface area contributed by atoms with Crippen LogP contribution in [0.25, 0.3) is 0 Å². The van der Waals surface area contributed by atoms with E-state index in [1.54, 1.807) is 0 Å². The first-order valence-electron chi connectivity index (χ1n) is 6.67. The maximum Gasteiger partial charge on any atom is 0.303 e. The Morgan fingerprint density at radius 3 is 2.72 bits per heavy atom. The van der Waals surface area contributed by atoms with Crippen molar-refractivity contribution in [2.75, 3.05) is 46.9 Å². The van der Waals surface area contributed by atoms with Gasteiger partial charge in [0, 0.05) is 24.9 Å². The van der Waals surface area contributed by atoms with Crippen molar-refractivity contribution >= 4 is 5.97 Å². The molecule has 1 atom stereocenters. The van der Waals surface area contributed by atoms with Crippen LogP contribution < -0.4 is 0 Å². The monoisotopic (exact) mass is 258 g/mol. The molecule has 1 saturated heterocycles. The van der Waals surface area contributed by atoms with Crippen LogP contribution >= 0.6 is 0 Å². The zero-order chi connectivity index (χ0) is 13.6. The smallest absolute Gasteiger partial charge is 0.303 e. The van der Waals surface area contributed by atoms with Crippen molar-refractivity contribution < 1.29 is 15.0 Å². The predicted octanol–water partition coefficient (Wildman–Crippen LogP) is 0.487. The van der Waals surface area contributed by atoms with E-state index in [4.69, 9.17) is 5.11 Å². The number of carbonyl (C=O) groups is 1. The average Bonchev–Trinajstić information content (AvgIpc) is 2.28. The molecule has 0 aromatic heterocycles. The fourth-order valence-corrected chi connectivity index (χ4v) is 2.93. The van der Waals surface area contributed by atoms with Gasteiger partial charge in [-0.15, -0.1) is 0 Å². The highest BCUT2D eigenvalue weighted by atomic mass is 16.4. The van der Waals surface area contributed by atoms with Crippen LogP contribution in [-0.2, 0) is 4.79 Å². The standard InChI is InChI=1S/C13H26N2O3/c1-14(2)9-13(11-16)6-4-8-15(10-13)7-3-5-12(17)18/h16H,3-11H2,1-2H3,(H,17,18). The number of piperidine rings is 1.